The first-order valence-corrected chi connectivity index (χ1v) is 6.08. The highest BCUT2D eigenvalue weighted by atomic mass is 16.3. The standard InChI is InChI=1S/C16H14O4/c1-9(17)11-3-6-14(16(20)7-11)12-4-5-13(10(2)18)15(19)8-12/h3-8,19-20H,1-2H3. The van der Waals surface area contributed by atoms with Gasteiger partial charge in [-0.2, -0.15) is 0 Å². The van der Waals surface area contributed by atoms with Gasteiger partial charge in [-0.05, 0) is 43.7 Å². The molecule has 2 rings (SSSR count). The van der Waals surface area contributed by atoms with Crippen molar-refractivity contribution in [1.29, 1.82) is 0 Å². The lowest BCUT2D eigenvalue weighted by molar-refractivity contribution is 0.100. The molecule has 2 aromatic rings. The lowest BCUT2D eigenvalue weighted by Gasteiger charge is -2.08. The minimum absolute atomic E-state index is 0.0484. The van der Waals surface area contributed by atoms with Gasteiger partial charge in [0.2, 0.25) is 0 Å². The van der Waals surface area contributed by atoms with Crippen molar-refractivity contribution in [2.75, 3.05) is 0 Å². The molecular weight excluding hydrogens is 256 g/mol. The zero-order valence-electron chi connectivity index (χ0n) is 11.2. The van der Waals surface area contributed by atoms with Crippen molar-refractivity contribution >= 4 is 11.6 Å². The van der Waals surface area contributed by atoms with Crippen LogP contribution in [0.15, 0.2) is 36.4 Å². The van der Waals surface area contributed by atoms with Crippen LogP contribution in [0.25, 0.3) is 11.1 Å². The fourth-order valence-corrected chi connectivity index (χ4v) is 1.99. The summed E-state index contributed by atoms with van der Waals surface area (Å²) >= 11 is 0. The summed E-state index contributed by atoms with van der Waals surface area (Å²) in [6.45, 7) is 2.79. The van der Waals surface area contributed by atoms with Crippen LogP contribution in [0.1, 0.15) is 34.6 Å². The average molecular weight is 270 g/mol. The van der Waals surface area contributed by atoms with Gasteiger partial charge >= 0.3 is 0 Å². The second-order valence-electron chi connectivity index (χ2n) is 4.58. The number of phenols is 2. The average Bonchev–Trinajstić information content (AvgIpc) is 2.37. The molecule has 20 heavy (non-hydrogen) atoms. The highest BCUT2D eigenvalue weighted by Gasteiger charge is 2.11. The van der Waals surface area contributed by atoms with Crippen molar-refractivity contribution in [2.45, 2.75) is 13.8 Å². The Labute approximate surface area is 116 Å². The summed E-state index contributed by atoms with van der Waals surface area (Å²) in [6.07, 6.45) is 0. The molecule has 4 nitrogen and oxygen atoms in total. The van der Waals surface area contributed by atoms with Crippen molar-refractivity contribution in [1.82, 2.24) is 0 Å². The minimum atomic E-state index is -0.231. The summed E-state index contributed by atoms with van der Waals surface area (Å²) in [6, 6.07) is 9.15. The minimum Gasteiger partial charge on any atom is -0.507 e. The Hall–Kier alpha value is -2.62. The lowest BCUT2D eigenvalue weighted by atomic mass is 9.99. The van der Waals surface area contributed by atoms with Crippen LogP contribution in [0, 0.1) is 0 Å². The molecule has 0 aliphatic heterocycles. The molecule has 0 aliphatic carbocycles. The molecule has 0 spiro atoms. The molecule has 0 saturated heterocycles. The van der Waals surface area contributed by atoms with Crippen LogP contribution in [-0.4, -0.2) is 21.8 Å². The van der Waals surface area contributed by atoms with Gasteiger partial charge in [-0.1, -0.05) is 12.1 Å². The van der Waals surface area contributed by atoms with Crippen LogP contribution in [0.2, 0.25) is 0 Å². The van der Waals surface area contributed by atoms with Crippen molar-refractivity contribution in [3.63, 3.8) is 0 Å². The van der Waals surface area contributed by atoms with Gasteiger partial charge in [-0.25, -0.2) is 0 Å². The van der Waals surface area contributed by atoms with Crippen molar-refractivity contribution in [2.24, 2.45) is 0 Å². The van der Waals surface area contributed by atoms with E-state index in [0.29, 0.717) is 16.7 Å². The third kappa shape index (κ3) is 2.54. The van der Waals surface area contributed by atoms with E-state index in [1.165, 1.54) is 32.0 Å². The normalized spacial score (nSPS) is 10.3. The first-order chi connectivity index (χ1) is 9.40. The van der Waals surface area contributed by atoms with E-state index >= 15 is 0 Å². The van der Waals surface area contributed by atoms with Crippen LogP contribution in [0.4, 0.5) is 0 Å². The van der Waals surface area contributed by atoms with Crippen LogP contribution in [-0.2, 0) is 0 Å². The largest absolute Gasteiger partial charge is 0.507 e. The molecule has 0 bridgehead atoms. The van der Waals surface area contributed by atoms with Gasteiger partial charge in [0.1, 0.15) is 11.5 Å². The summed E-state index contributed by atoms with van der Waals surface area (Å²) < 4.78 is 0. The van der Waals surface area contributed by atoms with E-state index in [2.05, 4.69) is 0 Å². The predicted molar refractivity (Wildman–Crippen MR) is 75.2 cm³/mol. The number of phenolic OH excluding ortho intramolecular Hbond substituents is 2. The molecule has 102 valence electrons. The van der Waals surface area contributed by atoms with Crippen molar-refractivity contribution in [3.8, 4) is 22.6 Å². The Kier molecular flexibility index (Phi) is 3.57. The maximum Gasteiger partial charge on any atom is 0.163 e. The summed E-state index contributed by atoms with van der Waals surface area (Å²) in [5.41, 5.74) is 1.70. The molecule has 0 heterocycles. The number of Topliss-reactive ketones (excluding diaryl/α,β-unsaturated/α-hetero) is 2. The van der Waals surface area contributed by atoms with Gasteiger partial charge in [0.15, 0.2) is 11.6 Å². The molecule has 2 N–H and O–H groups in total. The smallest absolute Gasteiger partial charge is 0.163 e. The lowest BCUT2D eigenvalue weighted by Crippen LogP contribution is -1.94. The molecule has 0 aliphatic rings. The fourth-order valence-electron chi connectivity index (χ4n) is 1.99. The number of carbonyl (C=O) groups is 2. The number of aromatic hydroxyl groups is 2. The second kappa shape index (κ2) is 5.17. The second-order valence-corrected chi connectivity index (χ2v) is 4.58. The highest BCUT2D eigenvalue weighted by molar-refractivity contribution is 5.98. The Morgan fingerprint density at radius 1 is 0.850 bits per heavy atom. The SMILES string of the molecule is CC(=O)c1ccc(-c2ccc(C(C)=O)c(O)c2)c(O)c1. The predicted octanol–water partition coefficient (Wildman–Crippen LogP) is 3.17. The van der Waals surface area contributed by atoms with Crippen molar-refractivity contribution in [3.05, 3.63) is 47.5 Å². The van der Waals surface area contributed by atoms with E-state index in [9.17, 15) is 19.8 Å². The number of hydrogen-bond acceptors (Lipinski definition) is 4. The number of benzene rings is 2. The van der Waals surface area contributed by atoms with Gasteiger partial charge < -0.3 is 10.2 Å². The Balaban J connectivity index is 2.49. The number of ketones is 2. The highest BCUT2D eigenvalue weighted by Crippen LogP contribution is 2.33. The first-order valence-electron chi connectivity index (χ1n) is 6.08. The van der Waals surface area contributed by atoms with Gasteiger partial charge in [-0.3, -0.25) is 9.59 Å². The molecule has 0 atom stereocenters. The molecule has 4 heteroatoms. The van der Waals surface area contributed by atoms with E-state index < -0.39 is 0 Å². The Morgan fingerprint density at radius 3 is 2.05 bits per heavy atom. The van der Waals surface area contributed by atoms with Gasteiger partial charge in [0, 0.05) is 11.1 Å². The molecule has 0 amide bonds. The third-order valence-corrected chi connectivity index (χ3v) is 3.09. The fraction of sp³-hybridized carbons (Fsp3) is 0.125. The first kappa shape index (κ1) is 13.8. The van der Waals surface area contributed by atoms with Crippen LogP contribution >= 0.6 is 0 Å². The Morgan fingerprint density at radius 2 is 1.55 bits per heavy atom. The molecule has 2 aromatic carbocycles. The van der Waals surface area contributed by atoms with Crippen LogP contribution in [0.3, 0.4) is 0 Å². The molecule has 0 radical (unpaired) electrons. The third-order valence-electron chi connectivity index (χ3n) is 3.09. The number of hydrogen-bond donors (Lipinski definition) is 2. The van der Waals surface area contributed by atoms with Crippen molar-refractivity contribution < 1.29 is 19.8 Å². The van der Waals surface area contributed by atoms with E-state index in [1.807, 2.05) is 0 Å². The van der Waals surface area contributed by atoms with E-state index in [4.69, 9.17) is 0 Å². The number of carbonyl (C=O) groups excluding carboxylic acids is 2. The van der Waals surface area contributed by atoms with Gasteiger partial charge in [0.05, 0.1) is 5.56 Å². The zero-order valence-corrected chi connectivity index (χ0v) is 11.2. The van der Waals surface area contributed by atoms with Gasteiger partial charge in [0.25, 0.3) is 0 Å². The van der Waals surface area contributed by atoms with E-state index in [-0.39, 0.29) is 28.6 Å². The molecule has 0 unspecified atom stereocenters. The van der Waals surface area contributed by atoms with Crippen LogP contribution in [0.5, 0.6) is 11.5 Å². The van der Waals surface area contributed by atoms with E-state index in [1.54, 1.807) is 18.2 Å². The maximum atomic E-state index is 11.3. The summed E-state index contributed by atoms with van der Waals surface area (Å²) in [5, 5.41) is 19.8. The summed E-state index contributed by atoms with van der Waals surface area (Å²) in [7, 11) is 0. The van der Waals surface area contributed by atoms with Crippen LogP contribution < -0.4 is 0 Å². The zero-order chi connectivity index (χ0) is 14.9. The molecule has 0 fully saturated rings. The number of rotatable bonds is 3. The molecule has 0 saturated carbocycles. The van der Waals surface area contributed by atoms with E-state index in [0.717, 1.165) is 0 Å². The van der Waals surface area contributed by atoms with Gasteiger partial charge in [-0.15, -0.1) is 0 Å². The molecule has 0 aromatic heterocycles. The summed E-state index contributed by atoms with van der Waals surface area (Å²) in [4.78, 5) is 22.5. The molecular formula is C16H14O4. The topological polar surface area (TPSA) is 74.6 Å². The maximum absolute atomic E-state index is 11.3. The quantitative estimate of drug-likeness (QED) is 0.840. The monoisotopic (exact) mass is 270 g/mol. The summed E-state index contributed by atoms with van der Waals surface area (Å²) in [5.74, 6) is -0.551. The Bertz CT molecular complexity index is 702.